The van der Waals surface area contributed by atoms with Crippen LogP contribution in [0.5, 0.6) is 5.75 Å². The Morgan fingerprint density at radius 1 is 1.40 bits per heavy atom. The average Bonchev–Trinajstić information content (AvgIpc) is 3.01. The van der Waals surface area contributed by atoms with Gasteiger partial charge in [-0.2, -0.15) is 0 Å². The van der Waals surface area contributed by atoms with Gasteiger partial charge in [0.15, 0.2) is 11.6 Å². The molecule has 1 saturated heterocycles. The normalized spacial score (nSPS) is 19.6. The van der Waals surface area contributed by atoms with Crippen LogP contribution < -0.4 is 4.74 Å². The van der Waals surface area contributed by atoms with E-state index in [2.05, 4.69) is 6.07 Å². The third kappa shape index (κ3) is 3.70. The standard InChI is InChI=1S/C19H22FNO3S/c1-12-9-17(25-11-12)18(13-6-7-16(24-2)14(20)10-13)21-8-4-3-5-15(21)19(22)23/h6-7,9-11,15,18H,3-5,8H2,1-2H3,(H,22,23). The lowest BCUT2D eigenvalue weighted by atomic mass is 9.95. The summed E-state index contributed by atoms with van der Waals surface area (Å²) in [5.41, 5.74) is 1.89. The number of aliphatic carboxylic acids is 1. The zero-order valence-electron chi connectivity index (χ0n) is 14.4. The van der Waals surface area contributed by atoms with Crippen molar-refractivity contribution in [1.82, 2.24) is 4.90 Å². The molecule has 0 spiro atoms. The number of carbonyl (C=O) groups is 1. The summed E-state index contributed by atoms with van der Waals surface area (Å²) in [6.07, 6.45) is 2.47. The van der Waals surface area contributed by atoms with E-state index in [1.54, 1.807) is 17.4 Å². The summed E-state index contributed by atoms with van der Waals surface area (Å²) >= 11 is 1.59. The van der Waals surface area contributed by atoms with Gasteiger partial charge in [0.1, 0.15) is 6.04 Å². The first-order valence-electron chi connectivity index (χ1n) is 8.38. The molecule has 6 heteroatoms. The quantitative estimate of drug-likeness (QED) is 0.864. The fraction of sp³-hybridized carbons (Fsp3) is 0.421. The summed E-state index contributed by atoms with van der Waals surface area (Å²) in [6.45, 7) is 2.70. The topological polar surface area (TPSA) is 49.8 Å². The number of nitrogens with zero attached hydrogens (tertiary/aromatic N) is 1. The second kappa shape index (κ2) is 7.54. The number of halogens is 1. The minimum Gasteiger partial charge on any atom is -0.494 e. The molecule has 0 amide bonds. The average molecular weight is 363 g/mol. The lowest BCUT2D eigenvalue weighted by Gasteiger charge is -2.39. The van der Waals surface area contributed by atoms with Gasteiger partial charge in [-0.15, -0.1) is 11.3 Å². The minimum absolute atomic E-state index is 0.193. The van der Waals surface area contributed by atoms with Gasteiger partial charge in [-0.25, -0.2) is 4.39 Å². The predicted molar refractivity (Wildman–Crippen MR) is 95.8 cm³/mol. The lowest BCUT2D eigenvalue weighted by molar-refractivity contribution is -0.145. The van der Waals surface area contributed by atoms with E-state index in [9.17, 15) is 14.3 Å². The van der Waals surface area contributed by atoms with Gasteiger partial charge in [-0.3, -0.25) is 9.69 Å². The smallest absolute Gasteiger partial charge is 0.320 e. The molecule has 0 bridgehead atoms. The summed E-state index contributed by atoms with van der Waals surface area (Å²) in [4.78, 5) is 14.8. The van der Waals surface area contributed by atoms with Crippen LogP contribution in [-0.4, -0.2) is 35.7 Å². The summed E-state index contributed by atoms with van der Waals surface area (Å²) in [7, 11) is 1.43. The minimum atomic E-state index is -0.813. The van der Waals surface area contributed by atoms with Gasteiger partial charge in [-0.05, 0) is 61.0 Å². The molecule has 3 rings (SSSR count). The van der Waals surface area contributed by atoms with Crippen molar-refractivity contribution < 1.29 is 19.0 Å². The first-order chi connectivity index (χ1) is 12.0. The molecule has 25 heavy (non-hydrogen) atoms. The third-order valence-electron chi connectivity index (χ3n) is 4.67. The van der Waals surface area contributed by atoms with Crippen molar-refractivity contribution in [2.24, 2.45) is 0 Å². The molecule has 1 aromatic heterocycles. The molecule has 2 atom stereocenters. The molecule has 2 heterocycles. The lowest BCUT2D eigenvalue weighted by Crippen LogP contribution is -2.46. The highest BCUT2D eigenvalue weighted by Gasteiger charge is 2.36. The molecular weight excluding hydrogens is 341 g/mol. The van der Waals surface area contributed by atoms with Crippen molar-refractivity contribution in [3.63, 3.8) is 0 Å². The van der Waals surface area contributed by atoms with E-state index in [0.29, 0.717) is 13.0 Å². The Balaban J connectivity index is 2.06. The number of benzene rings is 1. The van der Waals surface area contributed by atoms with Crippen molar-refractivity contribution in [2.45, 2.75) is 38.3 Å². The number of piperidine rings is 1. The second-order valence-corrected chi connectivity index (χ2v) is 7.35. The molecule has 1 fully saturated rings. The zero-order valence-corrected chi connectivity index (χ0v) is 15.2. The molecule has 1 aliphatic heterocycles. The first-order valence-corrected chi connectivity index (χ1v) is 9.26. The Morgan fingerprint density at radius 2 is 2.20 bits per heavy atom. The zero-order chi connectivity index (χ0) is 18.0. The molecule has 1 aromatic carbocycles. The number of likely N-dealkylation sites (tertiary alicyclic amines) is 1. The van der Waals surface area contributed by atoms with Crippen molar-refractivity contribution in [2.75, 3.05) is 13.7 Å². The number of carboxylic acid groups (broad SMARTS) is 1. The van der Waals surface area contributed by atoms with Crippen LogP contribution >= 0.6 is 11.3 Å². The summed E-state index contributed by atoms with van der Waals surface area (Å²) in [6, 6.07) is 6.15. The number of ether oxygens (including phenoxy) is 1. The van der Waals surface area contributed by atoms with Gasteiger partial charge in [0.2, 0.25) is 0 Å². The van der Waals surface area contributed by atoms with Crippen molar-refractivity contribution in [3.05, 3.63) is 51.5 Å². The Bertz CT molecular complexity index is 761. The molecule has 134 valence electrons. The van der Waals surface area contributed by atoms with Crippen LogP contribution in [0.2, 0.25) is 0 Å². The van der Waals surface area contributed by atoms with Crippen LogP contribution in [0.15, 0.2) is 29.6 Å². The number of rotatable bonds is 5. The number of carboxylic acids is 1. The molecule has 1 aliphatic rings. The maximum absolute atomic E-state index is 14.3. The Labute approximate surface area is 150 Å². The van der Waals surface area contributed by atoms with Crippen LogP contribution in [0.1, 0.15) is 41.3 Å². The predicted octanol–water partition coefficient (Wildman–Crippen LogP) is 4.23. The van der Waals surface area contributed by atoms with Gasteiger partial charge in [0.25, 0.3) is 0 Å². The van der Waals surface area contributed by atoms with Crippen LogP contribution in [0.3, 0.4) is 0 Å². The Kier molecular flexibility index (Phi) is 5.39. The summed E-state index contributed by atoms with van der Waals surface area (Å²) in [5, 5.41) is 11.7. The molecular formula is C19H22FNO3S. The van der Waals surface area contributed by atoms with Crippen LogP contribution in [0.25, 0.3) is 0 Å². The number of hydrogen-bond donors (Lipinski definition) is 1. The van der Waals surface area contributed by atoms with Crippen molar-refractivity contribution >= 4 is 17.3 Å². The summed E-state index contributed by atoms with van der Waals surface area (Å²) < 4.78 is 19.3. The van der Waals surface area contributed by atoms with E-state index < -0.39 is 17.8 Å². The SMILES string of the molecule is COc1ccc(C(c2cc(C)cs2)N2CCCCC2C(=O)O)cc1F. The van der Waals surface area contributed by atoms with E-state index in [1.807, 2.05) is 23.3 Å². The van der Waals surface area contributed by atoms with E-state index in [-0.39, 0.29) is 11.8 Å². The molecule has 0 aliphatic carbocycles. The third-order valence-corrected chi connectivity index (χ3v) is 5.78. The van der Waals surface area contributed by atoms with E-state index >= 15 is 0 Å². The van der Waals surface area contributed by atoms with Crippen molar-refractivity contribution in [3.8, 4) is 5.75 Å². The van der Waals surface area contributed by atoms with E-state index in [4.69, 9.17) is 4.74 Å². The maximum atomic E-state index is 14.3. The van der Waals surface area contributed by atoms with Gasteiger partial charge in [0.05, 0.1) is 13.2 Å². The Hall–Kier alpha value is -1.92. The highest BCUT2D eigenvalue weighted by molar-refractivity contribution is 7.10. The molecule has 2 aromatic rings. The van der Waals surface area contributed by atoms with E-state index in [0.717, 1.165) is 28.8 Å². The van der Waals surface area contributed by atoms with Crippen LogP contribution in [-0.2, 0) is 4.79 Å². The molecule has 0 radical (unpaired) electrons. The number of methoxy groups -OCH3 is 1. The number of aryl methyl sites for hydroxylation is 1. The molecule has 0 saturated carbocycles. The Morgan fingerprint density at radius 3 is 2.80 bits per heavy atom. The molecule has 2 unspecified atom stereocenters. The van der Waals surface area contributed by atoms with Gasteiger partial charge in [-0.1, -0.05) is 12.5 Å². The van der Waals surface area contributed by atoms with Gasteiger partial charge >= 0.3 is 5.97 Å². The highest BCUT2D eigenvalue weighted by Crippen LogP contribution is 2.38. The first kappa shape index (κ1) is 17.9. The van der Waals surface area contributed by atoms with Crippen molar-refractivity contribution in [1.29, 1.82) is 0 Å². The maximum Gasteiger partial charge on any atom is 0.320 e. The van der Waals surface area contributed by atoms with Crippen LogP contribution in [0, 0.1) is 12.7 Å². The second-order valence-electron chi connectivity index (χ2n) is 6.41. The fourth-order valence-corrected chi connectivity index (χ4v) is 4.54. The highest BCUT2D eigenvalue weighted by atomic mass is 32.1. The van der Waals surface area contributed by atoms with E-state index in [1.165, 1.54) is 13.2 Å². The molecule has 4 nitrogen and oxygen atoms in total. The van der Waals surface area contributed by atoms with Crippen LogP contribution in [0.4, 0.5) is 4.39 Å². The monoisotopic (exact) mass is 363 g/mol. The number of thiophene rings is 1. The number of hydrogen-bond acceptors (Lipinski definition) is 4. The largest absolute Gasteiger partial charge is 0.494 e. The van der Waals surface area contributed by atoms with Gasteiger partial charge < -0.3 is 9.84 Å². The summed E-state index contributed by atoms with van der Waals surface area (Å²) in [5.74, 6) is -1.05. The van der Waals surface area contributed by atoms with Gasteiger partial charge in [0, 0.05) is 4.88 Å². The fourth-order valence-electron chi connectivity index (χ4n) is 3.50. The molecule has 1 N–H and O–H groups in total.